The van der Waals surface area contributed by atoms with Crippen molar-refractivity contribution in [3.8, 4) is 0 Å². The lowest BCUT2D eigenvalue weighted by atomic mass is 10.2. The van der Waals surface area contributed by atoms with Gasteiger partial charge in [0.2, 0.25) is 0 Å². The van der Waals surface area contributed by atoms with Gasteiger partial charge in [0.05, 0.1) is 5.02 Å². The number of ether oxygens (including phenoxy) is 1. The Bertz CT molecular complexity index is 584. The van der Waals surface area contributed by atoms with Crippen molar-refractivity contribution in [1.29, 1.82) is 0 Å². The molecule has 1 aromatic carbocycles. The number of carbonyl (C=O) groups excluding carboxylic acids is 3. The van der Waals surface area contributed by atoms with Gasteiger partial charge in [-0.25, -0.2) is 14.0 Å². The summed E-state index contributed by atoms with van der Waals surface area (Å²) in [4.78, 5) is 33.7. The van der Waals surface area contributed by atoms with Gasteiger partial charge in [0.1, 0.15) is 5.82 Å². The van der Waals surface area contributed by atoms with Crippen LogP contribution >= 0.6 is 11.6 Å². The van der Waals surface area contributed by atoms with Gasteiger partial charge < -0.3 is 10.1 Å². The molecule has 1 aromatic rings. The van der Waals surface area contributed by atoms with Crippen LogP contribution in [0, 0.1) is 5.82 Å². The number of amides is 3. The van der Waals surface area contributed by atoms with E-state index in [2.05, 4.69) is 10.1 Å². The number of urea groups is 1. The fourth-order valence-electron chi connectivity index (χ4n) is 1.37. The van der Waals surface area contributed by atoms with E-state index in [0.29, 0.717) is 6.54 Å². The van der Waals surface area contributed by atoms with Gasteiger partial charge in [-0.05, 0) is 25.1 Å². The molecule has 0 aliphatic carbocycles. The normalized spacial score (nSPS) is 10.3. The Labute approximate surface area is 131 Å². The highest BCUT2D eigenvalue weighted by molar-refractivity contribution is 6.32. The van der Waals surface area contributed by atoms with E-state index in [0.717, 1.165) is 12.2 Å². The summed E-state index contributed by atoms with van der Waals surface area (Å²) in [6.45, 7) is 1.40. The first-order chi connectivity index (χ1) is 10.4. The number of nitrogens with one attached hydrogen (secondary N) is 2. The van der Waals surface area contributed by atoms with Crippen molar-refractivity contribution in [2.75, 3.05) is 13.2 Å². The molecule has 8 heteroatoms. The summed E-state index contributed by atoms with van der Waals surface area (Å²) in [5.74, 6) is -2.24. The lowest BCUT2D eigenvalue weighted by Crippen LogP contribution is -2.41. The topological polar surface area (TPSA) is 84.5 Å². The highest BCUT2D eigenvalue weighted by Crippen LogP contribution is 2.20. The van der Waals surface area contributed by atoms with Gasteiger partial charge in [0.25, 0.3) is 5.91 Å². The lowest BCUT2D eigenvalue weighted by molar-refractivity contribution is -0.143. The average molecular weight is 329 g/mol. The van der Waals surface area contributed by atoms with Gasteiger partial charge in [-0.15, -0.1) is 0 Å². The number of halogens is 2. The fourth-order valence-corrected chi connectivity index (χ4v) is 1.60. The second kappa shape index (κ2) is 8.78. The van der Waals surface area contributed by atoms with Crippen LogP contribution in [0.1, 0.15) is 12.5 Å². The van der Waals surface area contributed by atoms with Gasteiger partial charge in [0.15, 0.2) is 6.61 Å². The van der Waals surface area contributed by atoms with E-state index in [1.807, 2.05) is 5.32 Å². The highest BCUT2D eigenvalue weighted by atomic mass is 35.5. The molecule has 3 amide bonds. The smallest absolute Gasteiger partial charge is 0.331 e. The molecule has 0 spiro atoms. The van der Waals surface area contributed by atoms with Crippen molar-refractivity contribution >= 4 is 35.6 Å². The summed E-state index contributed by atoms with van der Waals surface area (Å²) < 4.78 is 18.0. The van der Waals surface area contributed by atoms with E-state index in [1.54, 1.807) is 6.92 Å². The zero-order valence-electron chi connectivity index (χ0n) is 11.7. The summed E-state index contributed by atoms with van der Waals surface area (Å²) in [7, 11) is 0. The Balaban J connectivity index is 2.48. The first kappa shape index (κ1) is 17.6. The van der Waals surface area contributed by atoms with Crippen molar-refractivity contribution in [3.63, 3.8) is 0 Å². The van der Waals surface area contributed by atoms with E-state index < -0.39 is 30.3 Å². The molecule has 0 aliphatic heterocycles. The minimum absolute atomic E-state index is 0.0351. The number of esters is 1. The zero-order valence-corrected chi connectivity index (χ0v) is 12.4. The Hall–Kier alpha value is -2.41. The van der Waals surface area contributed by atoms with Crippen molar-refractivity contribution in [3.05, 3.63) is 40.7 Å². The van der Waals surface area contributed by atoms with Gasteiger partial charge in [-0.2, -0.15) is 0 Å². The van der Waals surface area contributed by atoms with Crippen LogP contribution in [-0.4, -0.2) is 31.1 Å². The fraction of sp³-hybridized carbons (Fsp3) is 0.214. The van der Waals surface area contributed by atoms with Crippen LogP contribution in [0.4, 0.5) is 9.18 Å². The summed E-state index contributed by atoms with van der Waals surface area (Å²) in [5.41, 5.74) is 0.0351. The van der Waals surface area contributed by atoms with Crippen LogP contribution in [0.2, 0.25) is 5.02 Å². The summed E-state index contributed by atoms with van der Waals surface area (Å²) in [5, 5.41) is 4.44. The predicted molar refractivity (Wildman–Crippen MR) is 78.6 cm³/mol. The van der Waals surface area contributed by atoms with E-state index in [4.69, 9.17) is 11.6 Å². The van der Waals surface area contributed by atoms with Crippen molar-refractivity contribution < 1.29 is 23.5 Å². The molecule has 0 bridgehead atoms. The third-order valence-electron chi connectivity index (χ3n) is 2.32. The molecule has 0 fully saturated rings. The van der Waals surface area contributed by atoms with Crippen molar-refractivity contribution in [2.45, 2.75) is 6.92 Å². The Morgan fingerprint density at radius 2 is 2.09 bits per heavy atom. The molecule has 118 valence electrons. The maximum atomic E-state index is 13.4. The Morgan fingerprint density at radius 1 is 1.36 bits per heavy atom. The number of hydrogen-bond acceptors (Lipinski definition) is 4. The van der Waals surface area contributed by atoms with Crippen LogP contribution in [0.5, 0.6) is 0 Å². The molecule has 0 aliphatic rings. The highest BCUT2D eigenvalue weighted by Gasteiger charge is 2.09. The van der Waals surface area contributed by atoms with Crippen LogP contribution in [-0.2, 0) is 14.3 Å². The molecule has 1 rings (SSSR count). The molecule has 0 unspecified atom stereocenters. The summed E-state index contributed by atoms with van der Waals surface area (Å²) in [6, 6.07) is 3.41. The second-order valence-electron chi connectivity index (χ2n) is 3.98. The minimum atomic E-state index is -0.870. The number of rotatable bonds is 5. The van der Waals surface area contributed by atoms with E-state index in [9.17, 15) is 18.8 Å². The number of hydrogen-bond donors (Lipinski definition) is 2. The molecule has 22 heavy (non-hydrogen) atoms. The van der Waals surface area contributed by atoms with Crippen molar-refractivity contribution in [2.24, 2.45) is 0 Å². The number of benzene rings is 1. The molecule has 0 saturated carbocycles. The summed E-state index contributed by atoms with van der Waals surface area (Å²) >= 11 is 5.78. The monoisotopic (exact) mass is 328 g/mol. The van der Waals surface area contributed by atoms with Gasteiger partial charge in [-0.1, -0.05) is 17.7 Å². The van der Waals surface area contributed by atoms with Gasteiger partial charge in [0, 0.05) is 18.2 Å². The quantitative estimate of drug-likeness (QED) is 0.638. The molecular weight excluding hydrogens is 315 g/mol. The molecule has 0 saturated heterocycles. The maximum absolute atomic E-state index is 13.4. The minimum Gasteiger partial charge on any atom is -0.452 e. The van der Waals surface area contributed by atoms with Gasteiger partial charge in [-0.3, -0.25) is 10.1 Å². The molecular formula is C14H14ClFN2O4. The summed E-state index contributed by atoms with van der Waals surface area (Å²) in [6.07, 6.45) is 2.07. The molecule has 0 aromatic heterocycles. The third kappa shape index (κ3) is 5.92. The lowest BCUT2D eigenvalue weighted by Gasteiger charge is -2.04. The van der Waals surface area contributed by atoms with E-state index in [-0.39, 0.29) is 10.6 Å². The Morgan fingerprint density at radius 3 is 2.73 bits per heavy atom. The first-order valence-corrected chi connectivity index (χ1v) is 6.68. The second-order valence-corrected chi connectivity index (χ2v) is 4.39. The molecule has 6 nitrogen and oxygen atoms in total. The molecule has 2 N–H and O–H groups in total. The zero-order chi connectivity index (χ0) is 16.5. The molecule has 0 radical (unpaired) electrons. The van der Waals surface area contributed by atoms with Crippen LogP contribution in [0.25, 0.3) is 6.08 Å². The third-order valence-corrected chi connectivity index (χ3v) is 2.65. The molecule has 0 atom stereocenters. The SMILES string of the molecule is CCNC(=O)NC(=O)COC(=O)/C=C/c1c(F)cccc1Cl. The number of imide groups is 1. The largest absolute Gasteiger partial charge is 0.452 e. The van der Waals surface area contributed by atoms with Crippen LogP contribution in [0.3, 0.4) is 0 Å². The first-order valence-electron chi connectivity index (χ1n) is 6.30. The van der Waals surface area contributed by atoms with Crippen molar-refractivity contribution in [1.82, 2.24) is 10.6 Å². The predicted octanol–water partition coefficient (Wildman–Crippen LogP) is 1.88. The van der Waals surface area contributed by atoms with Gasteiger partial charge >= 0.3 is 12.0 Å². The Kier molecular flexibility index (Phi) is 7.04. The van der Waals surface area contributed by atoms with Crippen LogP contribution in [0.15, 0.2) is 24.3 Å². The average Bonchev–Trinajstić information content (AvgIpc) is 2.44. The van der Waals surface area contributed by atoms with E-state index in [1.165, 1.54) is 18.2 Å². The van der Waals surface area contributed by atoms with E-state index >= 15 is 0 Å². The maximum Gasteiger partial charge on any atom is 0.331 e. The standard InChI is InChI=1S/C14H14ClFN2O4/c1-2-17-14(21)18-12(19)8-22-13(20)7-6-9-10(15)4-3-5-11(9)16/h3-7H,2,8H2,1H3,(H2,17,18,19,21)/b7-6+. The van der Waals surface area contributed by atoms with Crippen LogP contribution < -0.4 is 10.6 Å². The number of carbonyl (C=O) groups is 3. The molecule has 0 heterocycles.